The summed E-state index contributed by atoms with van der Waals surface area (Å²) in [6.45, 7) is -1.56. The number of carbonyl (C=O) groups excluding carboxylic acids is 2. The number of hydrogen-bond acceptors (Lipinski definition) is 5. The van der Waals surface area contributed by atoms with Crippen LogP contribution in [-0.2, 0) is 23.8 Å². The highest BCUT2D eigenvalue weighted by molar-refractivity contribution is 6.07. The molecule has 1 amide bonds. The van der Waals surface area contributed by atoms with Gasteiger partial charge < -0.3 is 11.1 Å². The van der Waals surface area contributed by atoms with Crippen molar-refractivity contribution in [1.29, 1.82) is 0 Å². The van der Waals surface area contributed by atoms with Gasteiger partial charge in [-0.15, -0.1) is 0 Å². The third-order valence-electron chi connectivity index (χ3n) is 5.70. The van der Waals surface area contributed by atoms with Crippen molar-refractivity contribution in [1.82, 2.24) is 19.9 Å². The minimum atomic E-state index is -4.69. The number of nitrogen functional groups attached to an aromatic ring is 1. The van der Waals surface area contributed by atoms with Crippen LogP contribution in [0.2, 0.25) is 0 Å². The summed E-state index contributed by atoms with van der Waals surface area (Å²) >= 11 is 0. The molecule has 0 fully saturated rings. The third kappa shape index (κ3) is 6.33. The van der Waals surface area contributed by atoms with E-state index in [0.717, 1.165) is 6.33 Å². The van der Waals surface area contributed by atoms with E-state index in [-0.39, 0.29) is 28.9 Å². The zero-order valence-electron chi connectivity index (χ0n) is 19.7. The van der Waals surface area contributed by atoms with Crippen LogP contribution >= 0.6 is 0 Å². The van der Waals surface area contributed by atoms with Crippen molar-refractivity contribution in [2.45, 2.75) is 25.2 Å². The van der Waals surface area contributed by atoms with Crippen molar-refractivity contribution in [3.05, 3.63) is 83.1 Å². The fourth-order valence-corrected chi connectivity index (χ4v) is 3.95. The first kappa shape index (κ1) is 27.5. The van der Waals surface area contributed by atoms with E-state index in [0.29, 0.717) is 29.3 Å². The van der Waals surface area contributed by atoms with E-state index < -0.39 is 54.0 Å². The molecule has 0 radical (unpaired) electrons. The second-order valence-electron chi connectivity index (χ2n) is 8.55. The van der Waals surface area contributed by atoms with Crippen LogP contribution in [0.5, 0.6) is 0 Å². The predicted molar refractivity (Wildman–Crippen MR) is 125 cm³/mol. The number of hydrogen-bond donors (Lipinski definition) is 2. The Hall–Kier alpha value is -4.49. The summed E-state index contributed by atoms with van der Waals surface area (Å²) in [7, 11) is 0. The molecule has 0 unspecified atom stereocenters. The first-order chi connectivity index (χ1) is 18.2. The van der Waals surface area contributed by atoms with Gasteiger partial charge in [0.1, 0.15) is 30.0 Å². The highest BCUT2D eigenvalue weighted by Gasteiger charge is 2.31. The minimum Gasteiger partial charge on any atom is -0.382 e. The molecule has 0 aliphatic rings. The smallest absolute Gasteiger partial charge is 0.382 e. The third-order valence-corrected chi connectivity index (χ3v) is 5.70. The lowest BCUT2D eigenvalue weighted by molar-refractivity contribution is -0.137. The van der Waals surface area contributed by atoms with Crippen molar-refractivity contribution in [2.75, 3.05) is 12.3 Å². The number of fused-ring (bicyclic) bond motifs is 1. The second-order valence-corrected chi connectivity index (χ2v) is 8.55. The molecule has 0 spiro atoms. The maximum absolute atomic E-state index is 14.0. The number of alkyl halides is 6. The Morgan fingerprint density at radius 2 is 1.67 bits per heavy atom. The molecule has 14 heteroatoms. The van der Waals surface area contributed by atoms with Gasteiger partial charge in [0.15, 0.2) is 5.82 Å². The Labute approximate surface area is 215 Å². The summed E-state index contributed by atoms with van der Waals surface area (Å²) < 4.78 is 91.9. The summed E-state index contributed by atoms with van der Waals surface area (Å²) in [5, 5.41) is 5.74. The summed E-state index contributed by atoms with van der Waals surface area (Å²) in [4.78, 5) is 29.0. The first-order valence-corrected chi connectivity index (χ1v) is 11.2. The summed E-state index contributed by atoms with van der Waals surface area (Å²) in [5.41, 5.74) is 5.40. The summed E-state index contributed by atoms with van der Waals surface area (Å²) in [5.74, 6) is -2.57. The van der Waals surface area contributed by atoms with Gasteiger partial charge in [0.2, 0.25) is 0 Å². The van der Waals surface area contributed by atoms with Gasteiger partial charge in [-0.2, -0.15) is 31.4 Å². The van der Waals surface area contributed by atoms with E-state index in [9.17, 15) is 40.3 Å². The van der Waals surface area contributed by atoms with Crippen molar-refractivity contribution < 1.29 is 40.3 Å². The highest BCUT2D eigenvalue weighted by Crippen LogP contribution is 2.33. The molecular weight excluding hydrogens is 535 g/mol. The highest BCUT2D eigenvalue weighted by atomic mass is 19.4. The molecule has 7 nitrogen and oxygen atoms in total. The molecule has 2 heterocycles. The number of ketones is 1. The number of nitrogens with one attached hydrogen (secondary N) is 1. The first-order valence-electron chi connectivity index (χ1n) is 11.2. The van der Waals surface area contributed by atoms with Crippen molar-refractivity contribution in [3.63, 3.8) is 0 Å². The van der Waals surface area contributed by atoms with E-state index in [4.69, 9.17) is 5.73 Å². The molecule has 0 atom stereocenters. The molecular formula is C25H18F7N5O2. The van der Waals surface area contributed by atoms with Crippen LogP contribution in [0, 0.1) is 5.82 Å². The number of benzene rings is 2. The quantitative estimate of drug-likeness (QED) is 0.321. The molecule has 4 rings (SSSR count). The van der Waals surface area contributed by atoms with Crippen LogP contribution in [0.25, 0.3) is 16.6 Å². The van der Waals surface area contributed by atoms with Crippen LogP contribution in [0.1, 0.15) is 27.0 Å². The molecule has 0 aliphatic carbocycles. The molecule has 204 valence electrons. The number of anilines is 1. The summed E-state index contributed by atoms with van der Waals surface area (Å²) in [6, 6.07) is 7.76. The number of aromatic nitrogens is 3. The zero-order chi connectivity index (χ0) is 28.5. The van der Waals surface area contributed by atoms with E-state index in [1.807, 2.05) is 0 Å². The number of nitrogens with two attached hydrogens (primary N) is 1. The molecule has 0 saturated heterocycles. The summed E-state index contributed by atoms with van der Waals surface area (Å²) in [6.07, 6.45) is -7.84. The van der Waals surface area contributed by atoms with Gasteiger partial charge >= 0.3 is 12.4 Å². The van der Waals surface area contributed by atoms with E-state index in [2.05, 4.69) is 10.1 Å². The van der Waals surface area contributed by atoms with Gasteiger partial charge in [-0.25, -0.2) is 13.9 Å². The van der Waals surface area contributed by atoms with Crippen molar-refractivity contribution >= 4 is 23.0 Å². The van der Waals surface area contributed by atoms with Crippen LogP contribution in [0.15, 0.2) is 55.0 Å². The molecule has 2 aromatic heterocycles. The van der Waals surface area contributed by atoms with Crippen LogP contribution in [-0.4, -0.2) is 39.0 Å². The van der Waals surface area contributed by atoms with Gasteiger partial charge in [0, 0.05) is 24.6 Å². The minimum absolute atomic E-state index is 0.0442. The number of rotatable bonds is 7. The van der Waals surface area contributed by atoms with Crippen LogP contribution < -0.4 is 11.1 Å². The standard InChI is InChI=1S/C25H18F7N5O2/c26-19-6-5-16(25(30,31)32)8-15(19)9-17(38)7-13-1-3-14(4-2-13)20-18(23(39)34-11-24(27,28)29)10-37-21(20)22(33)35-12-36-37/h1-6,8,10,12H,7,9,11H2,(H,34,39)(H2,33,35,36). The van der Waals surface area contributed by atoms with Crippen LogP contribution in [0.3, 0.4) is 0 Å². The average molecular weight is 553 g/mol. The maximum Gasteiger partial charge on any atom is 0.416 e. The molecule has 4 aromatic rings. The Morgan fingerprint density at radius 3 is 2.31 bits per heavy atom. The lowest BCUT2D eigenvalue weighted by atomic mass is 9.97. The predicted octanol–water partition coefficient (Wildman–Crippen LogP) is 4.78. The monoisotopic (exact) mass is 553 g/mol. The number of carbonyl (C=O) groups is 2. The average Bonchev–Trinajstić information content (AvgIpc) is 3.24. The molecule has 3 N–H and O–H groups in total. The largest absolute Gasteiger partial charge is 0.416 e. The number of amides is 1. The Balaban J connectivity index is 1.59. The van der Waals surface area contributed by atoms with E-state index in [1.165, 1.54) is 35.0 Å². The SMILES string of the molecule is Nc1ncnn2cc(C(=O)NCC(F)(F)F)c(-c3ccc(CC(=O)Cc4cc(C(F)(F)F)ccc4F)cc3)c12. The zero-order valence-corrected chi connectivity index (χ0v) is 19.7. The van der Waals surface area contributed by atoms with Crippen LogP contribution in [0.4, 0.5) is 36.6 Å². The molecule has 0 bridgehead atoms. The van der Waals surface area contributed by atoms with Gasteiger partial charge in [-0.1, -0.05) is 24.3 Å². The molecule has 0 saturated carbocycles. The van der Waals surface area contributed by atoms with Gasteiger partial charge in [-0.3, -0.25) is 9.59 Å². The topological polar surface area (TPSA) is 102 Å². The molecule has 2 aromatic carbocycles. The maximum atomic E-state index is 14.0. The second kappa shape index (κ2) is 10.3. The van der Waals surface area contributed by atoms with Crippen molar-refractivity contribution in [2.24, 2.45) is 0 Å². The molecule has 0 aliphatic heterocycles. The Bertz CT molecular complexity index is 1540. The van der Waals surface area contributed by atoms with Gasteiger partial charge in [0.05, 0.1) is 11.1 Å². The van der Waals surface area contributed by atoms with Gasteiger partial charge in [-0.05, 0) is 34.9 Å². The number of nitrogens with zero attached hydrogens (tertiary/aromatic N) is 3. The molecule has 39 heavy (non-hydrogen) atoms. The van der Waals surface area contributed by atoms with Gasteiger partial charge in [0.25, 0.3) is 5.91 Å². The lowest BCUT2D eigenvalue weighted by Gasteiger charge is -2.11. The normalized spacial score (nSPS) is 12.1. The lowest BCUT2D eigenvalue weighted by Crippen LogP contribution is -2.33. The Morgan fingerprint density at radius 1 is 0.974 bits per heavy atom. The van der Waals surface area contributed by atoms with Crippen molar-refractivity contribution in [3.8, 4) is 11.1 Å². The fourth-order valence-electron chi connectivity index (χ4n) is 3.95. The fraction of sp³-hybridized carbons (Fsp3) is 0.200. The number of halogens is 7. The number of Topliss-reactive ketones (excluding diaryl/α,β-unsaturated/α-hetero) is 1. The Kier molecular flexibility index (Phi) is 7.31. The van der Waals surface area contributed by atoms with E-state index >= 15 is 0 Å². The van der Waals surface area contributed by atoms with E-state index in [1.54, 1.807) is 5.32 Å².